The Labute approximate surface area is 159 Å². The maximum Gasteiger partial charge on any atom is 0.274 e. The molecular weight excluding hydrogens is 370 g/mol. The van der Waals surface area contributed by atoms with Gasteiger partial charge in [0.2, 0.25) is 0 Å². The minimum Gasteiger partial charge on any atom is -0.493 e. The van der Waals surface area contributed by atoms with Crippen LogP contribution >= 0.6 is 0 Å². The van der Waals surface area contributed by atoms with Gasteiger partial charge in [0.1, 0.15) is 35.2 Å². The van der Waals surface area contributed by atoms with E-state index in [4.69, 9.17) is 9.47 Å². The highest BCUT2D eigenvalue weighted by molar-refractivity contribution is 6.03. The Morgan fingerprint density at radius 2 is 1.68 bits per heavy atom. The predicted molar refractivity (Wildman–Crippen MR) is 99.2 cm³/mol. The number of ether oxygens (including phenoxy) is 2. The second-order valence-corrected chi connectivity index (χ2v) is 5.53. The van der Waals surface area contributed by atoms with Gasteiger partial charge in [-0.25, -0.2) is 18.7 Å². The molecule has 1 amide bonds. The molecule has 0 atom stereocenters. The number of rotatable bonds is 6. The molecule has 1 heterocycles. The monoisotopic (exact) mass is 386 g/mol. The Bertz CT molecular complexity index is 994. The van der Waals surface area contributed by atoms with Crippen LogP contribution in [0.25, 0.3) is 0 Å². The van der Waals surface area contributed by atoms with E-state index in [0.29, 0.717) is 23.0 Å². The third-order valence-electron chi connectivity index (χ3n) is 3.76. The van der Waals surface area contributed by atoms with Crippen LogP contribution in [0.4, 0.5) is 26.0 Å². The van der Waals surface area contributed by atoms with Crippen LogP contribution in [0.1, 0.15) is 10.5 Å². The summed E-state index contributed by atoms with van der Waals surface area (Å²) in [5.41, 5.74) is 0.0176. The van der Waals surface area contributed by atoms with Gasteiger partial charge < -0.3 is 20.1 Å². The van der Waals surface area contributed by atoms with E-state index in [9.17, 15) is 13.6 Å². The summed E-state index contributed by atoms with van der Waals surface area (Å²) in [6, 6.07) is 9.77. The van der Waals surface area contributed by atoms with Crippen molar-refractivity contribution >= 4 is 23.1 Å². The fourth-order valence-corrected chi connectivity index (χ4v) is 2.41. The van der Waals surface area contributed by atoms with Crippen molar-refractivity contribution in [2.24, 2.45) is 0 Å². The number of amides is 1. The summed E-state index contributed by atoms with van der Waals surface area (Å²) in [6.45, 7) is 0. The Morgan fingerprint density at radius 3 is 2.36 bits per heavy atom. The lowest BCUT2D eigenvalue weighted by atomic mass is 10.2. The Balaban J connectivity index is 1.80. The van der Waals surface area contributed by atoms with Gasteiger partial charge in [-0.3, -0.25) is 4.79 Å². The van der Waals surface area contributed by atoms with Gasteiger partial charge in [-0.15, -0.1) is 0 Å². The summed E-state index contributed by atoms with van der Waals surface area (Å²) >= 11 is 0. The topological polar surface area (TPSA) is 85.4 Å². The van der Waals surface area contributed by atoms with Gasteiger partial charge in [0.05, 0.1) is 14.2 Å². The highest BCUT2D eigenvalue weighted by Crippen LogP contribution is 2.30. The second kappa shape index (κ2) is 8.30. The van der Waals surface area contributed by atoms with Crippen LogP contribution in [0.3, 0.4) is 0 Å². The zero-order valence-electron chi connectivity index (χ0n) is 15.0. The quantitative estimate of drug-likeness (QED) is 0.671. The molecule has 0 bridgehead atoms. The molecule has 2 aromatic carbocycles. The van der Waals surface area contributed by atoms with Gasteiger partial charge in [0.15, 0.2) is 11.5 Å². The first kappa shape index (κ1) is 19.0. The van der Waals surface area contributed by atoms with Gasteiger partial charge >= 0.3 is 0 Å². The third kappa shape index (κ3) is 4.14. The number of nitrogens with zero attached hydrogens (tertiary/aromatic N) is 2. The number of hydrogen-bond acceptors (Lipinski definition) is 6. The number of carbonyl (C=O) groups excluding carboxylic acids is 1. The first-order chi connectivity index (χ1) is 13.5. The van der Waals surface area contributed by atoms with Gasteiger partial charge in [-0.2, -0.15) is 0 Å². The van der Waals surface area contributed by atoms with Crippen LogP contribution in [0.2, 0.25) is 0 Å². The van der Waals surface area contributed by atoms with Gasteiger partial charge in [0, 0.05) is 17.8 Å². The molecule has 9 heteroatoms. The van der Waals surface area contributed by atoms with Gasteiger partial charge in [-0.05, 0) is 24.3 Å². The maximum absolute atomic E-state index is 13.7. The molecule has 0 spiro atoms. The zero-order valence-corrected chi connectivity index (χ0v) is 15.0. The predicted octanol–water partition coefficient (Wildman–Crippen LogP) is 3.77. The molecule has 144 valence electrons. The van der Waals surface area contributed by atoms with Crippen LogP contribution < -0.4 is 20.1 Å². The Morgan fingerprint density at radius 1 is 0.964 bits per heavy atom. The molecule has 1 aromatic heterocycles. The summed E-state index contributed by atoms with van der Waals surface area (Å²) in [6.07, 6.45) is 1.16. The highest BCUT2D eigenvalue weighted by atomic mass is 19.1. The molecule has 0 aliphatic carbocycles. The van der Waals surface area contributed by atoms with Crippen LogP contribution in [0.5, 0.6) is 11.5 Å². The number of para-hydroxylation sites is 1. The lowest BCUT2D eigenvalue weighted by Gasteiger charge is -2.11. The van der Waals surface area contributed by atoms with E-state index in [1.807, 2.05) is 0 Å². The number of carbonyl (C=O) groups is 1. The summed E-state index contributed by atoms with van der Waals surface area (Å²) in [7, 11) is 3.04. The number of hydrogen-bond donors (Lipinski definition) is 2. The first-order valence-electron chi connectivity index (χ1n) is 8.08. The summed E-state index contributed by atoms with van der Waals surface area (Å²) < 4.78 is 37.8. The molecule has 0 aliphatic heterocycles. The average molecular weight is 386 g/mol. The molecule has 28 heavy (non-hydrogen) atoms. The molecule has 2 N–H and O–H groups in total. The molecule has 0 aliphatic rings. The van der Waals surface area contributed by atoms with E-state index < -0.39 is 23.2 Å². The van der Waals surface area contributed by atoms with E-state index in [1.165, 1.54) is 26.4 Å². The molecule has 0 saturated carbocycles. The minimum atomic E-state index is -0.883. The molecule has 0 saturated heterocycles. The van der Waals surface area contributed by atoms with Crippen molar-refractivity contribution < 1.29 is 23.0 Å². The van der Waals surface area contributed by atoms with Gasteiger partial charge in [0.25, 0.3) is 5.91 Å². The molecule has 3 aromatic rings. The lowest BCUT2D eigenvalue weighted by molar-refractivity contribution is 0.102. The van der Waals surface area contributed by atoms with Crippen LogP contribution in [-0.2, 0) is 0 Å². The smallest absolute Gasteiger partial charge is 0.274 e. The number of nitrogens with one attached hydrogen (secondary N) is 2. The minimum absolute atomic E-state index is 0.0689. The summed E-state index contributed by atoms with van der Waals surface area (Å²) in [5.74, 6) is -1.17. The van der Waals surface area contributed by atoms with Crippen molar-refractivity contribution in [3.05, 3.63) is 66.1 Å². The Kier molecular flexibility index (Phi) is 5.64. The highest BCUT2D eigenvalue weighted by Gasteiger charge is 2.15. The fraction of sp³-hybridized carbons (Fsp3) is 0.105. The molecule has 3 rings (SSSR count). The summed E-state index contributed by atoms with van der Waals surface area (Å²) in [5, 5.41) is 5.17. The van der Waals surface area contributed by atoms with Crippen molar-refractivity contribution in [1.82, 2.24) is 9.97 Å². The van der Waals surface area contributed by atoms with E-state index >= 15 is 0 Å². The molecule has 0 unspecified atom stereocenters. The van der Waals surface area contributed by atoms with Crippen molar-refractivity contribution in [3.8, 4) is 11.5 Å². The first-order valence-corrected chi connectivity index (χ1v) is 8.08. The fourth-order valence-electron chi connectivity index (χ4n) is 2.41. The van der Waals surface area contributed by atoms with Crippen LogP contribution in [-0.4, -0.2) is 30.1 Å². The second-order valence-electron chi connectivity index (χ2n) is 5.53. The number of methoxy groups -OCH3 is 2. The molecular formula is C19H16F2N4O3. The maximum atomic E-state index is 13.7. The standard InChI is InChI=1S/C19H16F2N4O3/c1-27-15-7-6-11(8-16(15)28-2)24-17-9-14(22-10-23-17)19(26)25-18-12(20)4-3-5-13(18)21/h3-10H,1-2H3,(H,25,26)(H,22,23,24). The molecule has 0 fully saturated rings. The van der Waals surface area contributed by atoms with E-state index in [1.54, 1.807) is 18.2 Å². The SMILES string of the molecule is COc1ccc(Nc2cc(C(=O)Nc3c(F)cccc3F)ncn2)cc1OC. The van der Waals surface area contributed by atoms with E-state index in [-0.39, 0.29) is 5.69 Å². The van der Waals surface area contributed by atoms with Crippen molar-refractivity contribution in [1.29, 1.82) is 0 Å². The number of halogens is 2. The van der Waals surface area contributed by atoms with Gasteiger partial charge in [-0.1, -0.05) is 6.07 Å². The largest absolute Gasteiger partial charge is 0.493 e. The van der Waals surface area contributed by atoms with E-state index in [2.05, 4.69) is 20.6 Å². The third-order valence-corrected chi connectivity index (χ3v) is 3.76. The normalized spacial score (nSPS) is 10.3. The van der Waals surface area contributed by atoms with Crippen molar-refractivity contribution in [3.63, 3.8) is 0 Å². The van der Waals surface area contributed by atoms with E-state index in [0.717, 1.165) is 18.5 Å². The summed E-state index contributed by atoms with van der Waals surface area (Å²) in [4.78, 5) is 20.2. The van der Waals surface area contributed by atoms with Crippen LogP contribution in [0, 0.1) is 11.6 Å². The Hall–Kier alpha value is -3.75. The molecule has 7 nitrogen and oxygen atoms in total. The molecule has 0 radical (unpaired) electrons. The number of benzene rings is 2. The number of aromatic nitrogens is 2. The number of anilines is 3. The van der Waals surface area contributed by atoms with Crippen molar-refractivity contribution in [2.45, 2.75) is 0 Å². The average Bonchev–Trinajstić information content (AvgIpc) is 2.70. The van der Waals surface area contributed by atoms with Crippen molar-refractivity contribution in [2.75, 3.05) is 24.9 Å². The lowest BCUT2D eigenvalue weighted by Crippen LogP contribution is -2.16. The van der Waals surface area contributed by atoms with Crippen LogP contribution in [0.15, 0.2) is 48.8 Å². The zero-order chi connectivity index (χ0) is 20.1.